The van der Waals surface area contributed by atoms with E-state index in [0.717, 1.165) is 12.0 Å². The third-order valence-corrected chi connectivity index (χ3v) is 2.84. The van der Waals surface area contributed by atoms with E-state index in [9.17, 15) is 0 Å². The maximum Gasteiger partial charge on any atom is 0.00933 e. The van der Waals surface area contributed by atoms with Crippen LogP contribution in [0.3, 0.4) is 0 Å². The minimum Gasteiger partial charge on any atom is -0.303 e. The predicted molar refractivity (Wildman–Crippen MR) is 49.7 cm³/mol. The highest BCUT2D eigenvalue weighted by Gasteiger charge is 2.25. The highest BCUT2D eigenvalue weighted by Crippen LogP contribution is 2.25. The van der Waals surface area contributed by atoms with Crippen LogP contribution < -0.4 is 0 Å². The van der Waals surface area contributed by atoms with Gasteiger partial charge < -0.3 is 4.90 Å². The van der Waals surface area contributed by atoms with Crippen molar-refractivity contribution in [3.8, 4) is 0 Å². The van der Waals surface area contributed by atoms with E-state index in [-0.39, 0.29) is 0 Å². The molecule has 1 saturated carbocycles. The van der Waals surface area contributed by atoms with Crippen molar-refractivity contribution in [1.82, 2.24) is 4.90 Å². The smallest absolute Gasteiger partial charge is 0.00933 e. The Morgan fingerprint density at radius 2 is 2.09 bits per heavy atom. The second-order valence-corrected chi connectivity index (χ2v) is 4.01. The largest absolute Gasteiger partial charge is 0.303 e. The maximum atomic E-state index is 2.52. The number of hydrogen-bond acceptors (Lipinski definition) is 1. The van der Waals surface area contributed by atoms with Gasteiger partial charge in [-0.05, 0) is 38.8 Å². The molecule has 66 valence electrons. The molecule has 1 fully saturated rings. The van der Waals surface area contributed by atoms with Gasteiger partial charge in [0, 0.05) is 6.04 Å². The summed E-state index contributed by atoms with van der Waals surface area (Å²) in [6.45, 7) is 5.93. The Hall–Kier alpha value is -0.0400. The van der Waals surface area contributed by atoms with E-state index in [4.69, 9.17) is 0 Å². The van der Waals surface area contributed by atoms with Gasteiger partial charge in [-0.15, -0.1) is 0 Å². The third kappa shape index (κ3) is 3.24. The molecule has 0 amide bonds. The van der Waals surface area contributed by atoms with Crippen molar-refractivity contribution in [1.29, 1.82) is 0 Å². The monoisotopic (exact) mass is 155 g/mol. The summed E-state index contributed by atoms with van der Waals surface area (Å²) in [4.78, 5) is 2.52. The van der Waals surface area contributed by atoms with Crippen molar-refractivity contribution in [2.75, 3.05) is 13.6 Å². The highest BCUT2D eigenvalue weighted by atomic mass is 15.1. The van der Waals surface area contributed by atoms with Gasteiger partial charge >= 0.3 is 0 Å². The average molecular weight is 155 g/mol. The lowest BCUT2D eigenvalue weighted by Gasteiger charge is -2.17. The fourth-order valence-electron chi connectivity index (χ4n) is 1.33. The summed E-state index contributed by atoms with van der Waals surface area (Å²) in [7, 11) is 2.26. The molecule has 1 atom stereocenters. The molecule has 0 aromatic heterocycles. The fourth-order valence-corrected chi connectivity index (χ4v) is 1.33. The lowest BCUT2D eigenvalue weighted by Crippen LogP contribution is -2.23. The molecule has 0 saturated heterocycles. The first-order valence-corrected chi connectivity index (χ1v) is 4.94. The second kappa shape index (κ2) is 4.10. The molecule has 1 unspecified atom stereocenters. The molecule has 0 aromatic carbocycles. The lowest BCUT2D eigenvalue weighted by atomic mass is 10.1. The Morgan fingerprint density at radius 3 is 2.55 bits per heavy atom. The zero-order chi connectivity index (χ0) is 8.27. The van der Waals surface area contributed by atoms with Crippen LogP contribution in [0.1, 0.15) is 39.5 Å². The summed E-state index contributed by atoms with van der Waals surface area (Å²) in [5.74, 6) is 0.913. The van der Waals surface area contributed by atoms with E-state index in [0.29, 0.717) is 0 Å². The van der Waals surface area contributed by atoms with Crippen LogP contribution in [0.2, 0.25) is 0 Å². The first-order chi connectivity index (χ1) is 5.24. The van der Waals surface area contributed by atoms with Gasteiger partial charge in [0.25, 0.3) is 0 Å². The zero-order valence-corrected chi connectivity index (χ0v) is 8.14. The van der Waals surface area contributed by atoms with Gasteiger partial charge in [-0.25, -0.2) is 0 Å². The molecule has 1 nitrogen and oxygen atoms in total. The molecule has 0 bridgehead atoms. The van der Waals surface area contributed by atoms with E-state index in [1.807, 2.05) is 0 Å². The summed E-state index contributed by atoms with van der Waals surface area (Å²) >= 11 is 0. The molecule has 0 heterocycles. The molecular formula is C10H21N. The predicted octanol–water partition coefficient (Wildman–Crippen LogP) is 2.52. The first-order valence-electron chi connectivity index (χ1n) is 4.94. The number of hydrogen-bond donors (Lipinski definition) is 0. The summed E-state index contributed by atoms with van der Waals surface area (Å²) in [5, 5.41) is 0. The van der Waals surface area contributed by atoms with Crippen molar-refractivity contribution in [3.63, 3.8) is 0 Å². The normalized spacial score (nSPS) is 20.7. The van der Waals surface area contributed by atoms with Gasteiger partial charge in [0.15, 0.2) is 0 Å². The van der Waals surface area contributed by atoms with Gasteiger partial charge in [0.2, 0.25) is 0 Å². The molecular weight excluding hydrogens is 134 g/mol. The minimum absolute atomic E-state index is 0.913. The van der Waals surface area contributed by atoms with Crippen LogP contribution in [-0.2, 0) is 0 Å². The van der Waals surface area contributed by atoms with Crippen LogP contribution in [0.25, 0.3) is 0 Å². The Balaban J connectivity index is 2.00. The van der Waals surface area contributed by atoms with Crippen LogP contribution >= 0.6 is 0 Å². The van der Waals surface area contributed by atoms with E-state index in [1.165, 1.54) is 32.2 Å². The Bertz CT molecular complexity index is 107. The van der Waals surface area contributed by atoms with Gasteiger partial charge in [0.1, 0.15) is 0 Å². The molecule has 0 aliphatic heterocycles. The maximum absolute atomic E-state index is 2.52. The average Bonchev–Trinajstić information content (AvgIpc) is 2.81. The van der Waals surface area contributed by atoms with E-state index >= 15 is 0 Å². The molecule has 1 heteroatoms. The summed E-state index contributed by atoms with van der Waals surface area (Å²) in [6.07, 6.45) is 5.59. The number of nitrogens with zero attached hydrogens (tertiary/aromatic N) is 1. The third-order valence-electron chi connectivity index (χ3n) is 2.84. The van der Waals surface area contributed by atoms with Crippen LogP contribution in [0.5, 0.6) is 0 Å². The SMILES string of the molecule is CCC(C)CCN(C)C1CC1. The second-order valence-electron chi connectivity index (χ2n) is 4.01. The Kier molecular flexibility index (Phi) is 3.38. The Morgan fingerprint density at radius 1 is 1.45 bits per heavy atom. The van der Waals surface area contributed by atoms with Crippen molar-refractivity contribution in [2.45, 2.75) is 45.6 Å². The van der Waals surface area contributed by atoms with Crippen molar-refractivity contribution < 1.29 is 0 Å². The summed E-state index contributed by atoms with van der Waals surface area (Å²) in [6, 6.07) is 0.944. The van der Waals surface area contributed by atoms with E-state index in [1.54, 1.807) is 0 Å². The zero-order valence-electron chi connectivity index (χ0n) is 8.14. The van der Waals surface area contributed by atoms with E-state index < -0.39 is 0 Å². The van der Waals surface area contributed by atoms with Crippen LogP contribution in [-0.4, -0.2) is 24.5 Å². The minimum atomic E-state index is 0.913. The van der Waals surface area contributed by atoms with Crippen LogP contribution in [0, 0.1) is 5.92 Å². The summed E-state index contributed by atoms with van der Waals surface area (Å²) in [5.41, 5.74) is 0. The first kappa shape index (κ1) is 9.05. The molecule has 11 heavy (non-hydrogen) atoms. The quantitative estimate of drug-likeness (QED) is 0.589. The standard InChI is InChI=1S/C10H21N/c1-4-9(2)7-8-11(3)10-5-6-10/h9-10H,4-8H2,1-3H3. The molecule has 0 radical (unpaired) electrons. The van der Waals surface area contributed by atoms with Crippen LogP contribution in [0.15, 0.2) is 0 Å². The summed E-state index contributed by atoms with van der Waals surface area (Å²) < 4.78 is 0. The van der Waals surface area contributed by atoms with Crippen LogP contribution in [0.4, 0.5) is 0 Å². The van der Waals surface area contributed by atoms with Crippen molar-refractivity contribution in [2.24, 2.45) is 5.92 Å². The molecule has 1 aliphatic carbocycles. The molecule has 0 spiro atoms. The lowest BCUT2D eigenvalue weighted by molar-refractivity contribution is 0.294. The topological polar surface area (TPSA) is 3.24 Å². The number of rotatable bonds is 5. The molecule has 1 rings (SSSR count). The van der Waals surface area contributed by atoms with Crippen molar-refractivity contribution in [3.05, 3.63) is 0 Å². The van der Waals surface area contributed by atoms with Gasteiger partial charge in [-0.2, -0.15) is 0 Å². The van der Waals surface area contributed by atoms with E-state index in [2.05, 4.69) is 25.8 Å². The molecule has 0 N–H and O–H groups in total. The molecule has 1 aliphatic rings. The Labute approximate surface area is 70.8 Å². The van der Waals surface area contributed by atoms with Gasteiger partial charge in [-0.3, -0.25) is 0 Å². The van der Waals surface area contributed by atoms with Gasteiger partial charge in [-0.1, -0.05) is 20.3 Å². The fraction of sp³-hybridized carbons (Fsp3) is 1.00. The molecule has 0 aromatic rings. The van der Waals surface area contributed by atoms with Gasteiger partial charge in [0.05, 0.1) is 0 Å². The van der Waals surface area contributed by atoms with Crippen molar-refractivity contribution >= 4 is 0 Å². The highest BCUT2D eigenvalue weighted by molar-refractivity contribution is 4.82.